The molecule has 54 heavy (non-hydrogen) atoms. The molecule has 0 aromatic rings. The second kappa shape index (κ2) is 41.5. The molecule has 0 aliphatic rings. The lowest BCUT2D eigenvalue weighted by Crippen LogP contribution is -2.46. The van der Waals surface area contributed by atoms with Gasteiger partial charge in [-0.25, -0.2) is 0 Å². The number of carbonyl (C=O) groups excluding carboxylic acids is 1. The molecule has 0 bridgehead atoms. The fraction of sp³-hybridized carbons (Fsp3) is 0.894. The Labute approximate surface area is 336 Å². The number of amides is 1. The number of aliphatic hydroxyl groups excluding tert-OH is 1. The van der Waals surface area contributed by atoms with E-state index in [9.17, 15) is 22.9 Å². The lowest BCUT2D eigenvalue weighted by molar-refractivity contribution is -0.122. The van der Waals surface area contributed by atoms with Crippen molar-refractivity contribution >= 4 is 16.0 Å². The second-order valence-electron chi connectivity index (χ2n) is 16.4. The summed E-state index contributed by atoms with van der Waals surface area (Å²) < 4.78 is 32.6. The number of aliphatic hydroxyl groups is 1. The standard InChI is InChI=1S/C47H91NO5S/c1-3-5-7-9-11-13-15-17-19-21-23-24-25-26-28-30-32-34-36-38-40-42-46(49)45(44-54(51,52)53)48-47(50)43-41-39-37-35-33-31-29-27-22-20-18-16-14-12-10-8-6-4-2/h32,34,40,42,45-46,49H,3-31,33,35-39,41,43-44H2,1-2H3,(H,48,50)(H,51,52,53)/b34-32+,42-40+. The van der Waals surface area contributed by atoms with Crippen LogP contribution < -0.4 is 5.32 Å². The third-order valence-corrected chi connectivity index (χ3v) is 11.7. The second-order valence-corrected chi connectivity index (χ2v) is 17.9. The first-order valence-electron chi connectivity index (χ1n) is 23.5. The van der Waals surface area contributed by atoms with Crippen LogP contribution in [0.2, 0.25) is 0 Å². The van der Waals surface area contributed by atoms with Crippen molar-refractivity contribution in [3.63, 3.8) is 0 Å². The van der Waals surface area contributed by atoms with E-state index in [-0.39, 0.29) is 5.91 Å². The quantitative estimate of drug-likeness (QED) is 0.0325. The molecule has 3 N–H and O–H groups in total. The summed E-state index contributed by atoms with van der Waals surface area (Å²) in [5.74, 6) is -0.989. The molecular weight excluding hydrogens is 691 g/mol. The number of allylic oxidation sites excluding steroid dienone is 3. The van der Waals surface area contributed by atoms with Crippen LogP contribution in [0.25, 0.3) is 0 Å². The van der Waals surface area contributed by atoms with E-state index < -0.39 is 28.0 Å². The van der Waals surface area contributed by atoms with Gasteiger partial charge in [0.2, 0.25) is 5.91 Å². The van der Waals surface area contributed by atoms with E-state index in [1.165, 1.54) is 199 Å². The van der Waals surface area contributed by atoms with Gasteiger partial charge in [-0.05, 0) is 32.1 Å². The lowest BCUT2D eigenvalue weighted by atomic mass is 10.0. The molecule has 0 heterocycles. The van der Waals surface area contributed by atoms with Gasteiger partial charge in [-0.2, -0.15) is 8.42 Å². The van der Waals surface area contributed by atoms with E-state index in [2.05, 4.69) is 31.3 Å². The highest BCUT2D eigenvalue weighted by atomic mass is 32.2. The average Bonchev–Trinajstić information content (AvgIpc) is 3.14. The molecule has 6 nitrogen and oxygen atoms in total. The number of nitrogens with one attached hydrogen (secondary N) is 1. The molecule has 0 saturated heterocycles. The Morgan fingerprint density at radius 3 is 1.17 bits per heavy atom. The molecule has 1 amide bonds. The van der Waals surface area contributed by atoms with Gasteiger partial charge in [0, 0.05) is 6.42 Å². The van der Waals surface area contributed by atoms with Gasteiger partial charge in [0.25, 0.3) is 10.1 Å². The smallest absolute Gasteiger partial charge is 0.267 e. The van der Waals surface area contributed by atoms with Crippen molar-refractivity contribution < 1.29 is 22.9 Å². The molecule has 0 saturated carbocycles. The normalized spacial score (nSPS) is 13.3. The molecule has 2 atom stereocenters. The molecule has 7 heteroatoms. The highest BCUT2D eigenvalue weighted by Crippen LogP contribution is 2.16. The van der Waals surface area contributed by atoms with Crippen LogP contribution in [0.15, 0.2) is 24.3 Å². The number of hydrogen-bond acceptors (Lipinski definition) is 4. The van der Waals surface area contributed by atoms with Gasteiger partial charge in [0.15, 0.2) is 0 Å². The Morgan fingerprint density at radius 1 is 0.481 bits per heavy atom. The van der Waals surface area contributed by atoms with Crippen molar-refractivity contribution in [2.24, 2.45) is 0 Å². The van der Waals surface area contributed by atoms with E-state index in [4.69, 9.17) is 0 Å². The van der Waals surface area contributed by atoms with Crippen LogP contribution in [0.5, 0.6) is 0 Å². The monoisotopic (exact) mass is 782 g/mol. The molecule has 0 aromatic heterocycles. The number of rotatable bonds is 43. The van der Waals surface area contributed by atoms with Crippen LogP contribution in [-0.2, 0) is 14.9 Å². The van der Waals surface area contributed by atoms with Crippen molar-refractivity contribution in [1.82, 2.24) is 5.32 Å². The molecular formula is C47H91NO5S. The lowest BCUT2D eigenvalue weighted by Gasteiger charge is -2.21. The van der Waals surface area contributed by atoms with Crippen molar-refractivity contribution in [3.8, 4) is 0 Å². The minimum absolute atomic E-state index is 0.283. The van der Waals surface area contributed by atoms with Gasteiger partial charge in [-0.3, -0.25) is 9.35 Å². The maximum Gasteiger partial charge on any atom is 0.267 e. The molecule has 320 valence electrons. The van der Waals surface area contributed by atoms with E-state index in [0.29, 0.717) is 6.42 Å². The summed E-state index contributed by atoms with van der Waals surface area (Å²) in [7, 11) is -4.35. The minimum atomic E-state index is -4.35. The summed E-state index contributed by atoms with van der Waals surface area (Å²) in [5.41, 5.74) is 0. The average molecular weight is 782 g/mol. The fourth-order valence-corrected chi connectivity index (χ4v) is 8.08. The first-order valence-corrected chi connectivity index (χ1v) is 25.1. The Morgan fingerprint density at radius 2 is 0.796 bits per heavy atom. The van der Waals surface area contributed by atoms with Gasteiger partial charge >= 0.3 is 0 Å². The number of carbonyl (C=O) groups is 1. The van der Waals surface area contributed by atoms with Gasteiger partial charge < -0.3 is 10.4 Å². The van der Waals surface area contributed by atoms with Crippen LogP contribution in [0.3, 0.4) is 0 Å². The zero-order valence-corrected chi connectivity index (χ0v) is 36.7. The minimum Gasteiger partial charge on any atom is -0.387 e. The summed E-state index contributed by atoms with van der Waals surface area (Å²) in [6.45, 7) is 4.55. The summed E-state index contributed by atoms with van der Waals surface area (Å²) in [6.07, 6.45) is 53.2. The first-order chi connectivity index (χ1) is 26.3. The Balaban J connectivity index is 3.86. The van der Waals surface area contributed by atoms with Crippen LogP contribution in [-0.4, -0.2) is 41.9 Å². The van der Waals surface area contributed by atoms with E-state index in [1.807, 2.05) is 6.08 Å². The van der Waals surface area contributed by atoms with E-state index >= 15 is 0 Å². The van der Waals surface area contributed by atoms with Crippen molar-refractivity contribution in [2.45, 2.75) is 264 Å². The third-order valence-electron chi connectivity index (χ3n) is 10.9. The van der Waals surface area contributed by atoms with Crippen LogP contribution in [0.1, 0.15) is 251 Å². The highest BCUT2D eigenvalue weighted by molar-refractivity contribution is 7.85. The predicted octanol–water partition coefficient (Wildman–Crippen LogP) is 14.3. The molecule has 0 aliphatic heterocycles. The molecule has 0 aromatic carbocycles. The first kappa shape index (κ1) is 52.8. The van der Waals surface area contributed by atoms with Crippen molar-refractivity contribution in [2.75, 3.05) is 5.75 Å². The Bertz CT molecular complexity index is 950. The highest BCUT2D eigenvalue weighted by Gasteiger charge is 2.24. The zero-order valence-electron chi connectivity index (χ0n) is 35.9. The Hall–Kier alpha value is -1.18. The number of hydrogen-bond donors (Lipinski definition) is 3. The Kier molecular flexibility index (Phi) is 40.5. The zero-order chi connectivity index (χ0) is 39.6. The third kappa shape index (κ3) is 42.0. The summed E-state index contributed by atoms with van der Waals surface area (Å²) in [4.78, 5) is 12.5. The molecule has 0 spiro atoms. The predicted molar refractivity (Wildman–Crippen MR) is 235 cm³/mol. The van der Waals surface area contributed by atoms with Gasteiger partial charge in [-0.15, -0.1) is 0 Å². The topological polar surface area (TPSA) is 104 Å². The summed E-state index contributed by atoms with van der Waals surface area (Å²) in [5, 5.41) is 13.3. The van der Waals surface area contributed by atoms with E-state index in [1.54, 1.807) is 0 Å². The molecule has 2 unspecified atom stereocenters. The maximum absolute atomic E-state index is 12.5. The van der Waals surface area contributed by atoms with Crippen molar-refractivity contribution in [1.29, 1.82) is 0 Å². The van der Waals surface area contributed by atoms with Crippen LogP contribution >= 0.6 is 0 Å². The SMILES string of the molecule is CCCCCCCCCCCCCCCCC/C=C/CC/C=C/C(O)C(CS(=O)(=O)O)NC(=O)CCCCCCCCCCCCCCCCCCCC. The molecule has 0 fully saturated rings. The molecule has 0 aliphatic carbocycles. The molecule has 0 radical (unpaired) electrons. The van der Waals surface area contributed by atoms with Gasteiger partial charge in [0.1, 0.15) is 0 Å². The summed E-state index contributed by atoms with van der Waals surface area (Å²) >= 11 is 0. The largest absolute Gasteiger partial charge is 0.387 e. The van der Waals surface area contributed by atoms with Crippen LogP contribution in [0, 0.1) is 0 Å². The summed E-state index contributed by atoms with van der Waals surface area (Å²) in [6, 6.07) is -1.07. The van der Waals surface area contributed by atoms with Gasteiger partial charge in [0.05, 0.1) is 17.9 Å². The van der Waals surface area contributed by atoms with E-state index in [0.717, 1.165) is 38.5 Å². The fourth-order valence-electron chi connectivity index (χ4n) is 7.35. The van der Waals surface area contributed by atoms with Crippen LogP contribution in [0.4, 0.5) is 0 Å². The molecule has 0 rings (SSSR count). The number of unbranched alkanes of at least 4 members (excludes halogenated alkanes) is 33. The maximum atomic E-state index is 12.5. The van der Waals surface area contributed by atoms with Gasteiger partial charge in [-0.1, -0.05) is 237 Å². The van der Waals surface area contributed by atoms with Crippen molar-refractivity contribution in [3.05, 3.63) is 24.3 Å².